The van der Waals surface area contributed by atoms with Gasteiger partial charge >= 0.3 is 0 Å². The van der Waals surface area contributed by atoms with Gasteiger partial charge in [0.2, 0.25) is 0 Å². The molecule has 0 saturated heterocycles. The fraction of sp³-hybridized carbons (Fsp3) is 0.167. The largest absolute Gasteiger partial charge is 0.618 e. The van der Waals surface area contributed by atoms with Crippen LogP contribution in [-0.4, -0.2) is 12.4 Å². The van der Waals surface area contributed by atoms with Crippen LogP contribution in [0.4, 0.5) is 0 Å². The average Bonchev–Trinajstić information content (AvgIpc) is 2.56. The Morgan fingerprint density at radius 1 is 0.955 bits per heavy atom. The van der Waals surface area contributed by atoms with Gasteiger partial charge in [0.1, 0.15) is 5.75 Å². The Kier molecular flexibility index (Phi) is 4.81. The highest BCUT2D eigenvalue weighted by Gasteiger charge is 2.04. The van der Waals surface area contributed by atoms with Crippen LogP contribution in [0.5, 0.6) is 5.75 Å². The number of aromatic nitrogens is 1. The Labute approximate surface area is 134 Å². The third-order valence-corrected chi connectivity index (χ3v) is 4.44. The number of fused-ring (bicyclic) bond motifs is 1. The van der Waals surface area contributed by atoms with Gasteiger partial charge in [-0.25, -0.2) is 0 Å². The molecule has 112 valence electrons. The molecule has 0 fully saturated rings. The van der Waals surface area contributed by atoms with Crippen LogP contribution < -0.4 is 9.47 Å². The summed E-state index contributed by atoms with van der Waals surface area (Å²) in [6.07, 6.45) is 2.41. The van der Waals surface area contributed by atoms with Crippen LogP contribution in [0, 0.1) is 5.21 Å². The zero-order chi connectivity index (χ0) is 15.2. The number of hydrogen-bond acceptors (Lipinski definition) is 3. The molecule has 0 aliphatic carbocycles. The molecule has 0 N–H and O–H groups in total. The van der Waals surface area contributed by atoms with Crippen molar-refractivity contribution in [3.8, 4) is 5.75 Å². The molecule has 0 atom stereocenters. The van der Waals surface area contributed by atoms with Crippen LogP contribution >= 0.6 is 11.8 Å². The normalized spacial score (nSPS) is 10.7. The van der Waals surface area contributed by atoms with E-state index in [9.17, 15) is 5.21 Å². The number of rotatable bonds is 6. The Hall–Kier alpha value is -2.20. The van der Waals surface area contributed by atoms with Crippen molar-refractivity contribution in [2.45, 2.75) is 11.4 Å². The van der Waals surface area contributed by atoms with Crippen LogP contribution in [0.15, 0.2) is 71.9 Å². The van der Waals surface area contributed by atoms with Crippen molar-refractivity contribution >= 4 is 22.5 Å². The molecular formula is C18H17NO2S. The molecule has 0 amide bonds. The lowest BCUT2D eigenvalue weighted by molar-refractivity contribution is -0.645. The molecule has 3 nitrogen and oxygen atoms in total. The van der Waals surface area contributed by atoms with Crippen molar-refractivity contribution in [2.75, 3.05) is 12.4 Å². The highest BCUT2D eigenvalue weighted by atomic mass is 32.2. The van der Waals surface area contributed by atoms with E-state index in [1.54, 1.807) is 17.8 Å². The van der Waals surface area contributed by atoms with Crippen molar-refractivity contribution in [3.05, 3.63) is 72.1 Å². The summed E-state index contributed by atoms with van der Waals surface area (Å²) in [5.74, 6) is 1.78. The minimum absolute atomic E-state index is 0.646. The van der Waals surface area contributed by atoms with E-state index in [1.165, 1.54) is 11.6 Å². The Morgan fingerprint density at radius 2 is 1.77 bits per heavy atom. The van der Waals surface area contributed by atoms with E-state index < -0.39 is 0 Å². The second kappa shape index (κ2) is 7.18. The molecule has 2 aromatic carbocycles. The van der Waals surface area contributed by atoms with E-state index in [-0.39, 0.29) is 0 Å². The first kappa shape index (κ1) is 14.7. The molecule has 3 rings (SSSR count). The van der Waals surface area contributed by atoms with Gasteiger partial charge in [-0.3, -0.25) is 0 Å². The first-order valence-corrected chi connectivity index (χ1v) is 8.25. The summed E-state index contributed by atoms with van der Waals surface area (Å²) in [4.78, 5) is 0. The van der Waals surface area contributed by atoms with E-state index >= 15 is 0 Å². The second-order valence-corrected chi connectivity index (χ2v) is 6.01. The maximum absolute atomic E-state index is 11.5. The number of hydrogen-bond donors (Lipinski definition) is 0. The molecule has 4 heteroatoms. The number of thioether (sulfide) groups is 1. The van der Waals surface area contributed by atoms with E-state index in [0.29, 0.717) is 6.61 Å². The molecule has 0 aliphatic rings. The van der Waals surface area contributed by atoms with Crippen LogP contribution in [0.3, 0.4) is 0 Å². The average molecular weight is 311 g/mol. The highest BCUT2D eigenvalue weighted by Crippen LogP contribution is 2.25. The van der Waals surface area contributed by atoms with Crippen molar-refractivity contribution in [1.29, 1.82) is 0 Å². The summed E-state index contributed by atoms with van der Waals surface area (Å²) < 4.78 is 6.79. The second-order valence-electron chi connectivity index (χ2n) is 4.89. The third kappa shape index (κ3) is 3.52. The highest BCUT2D eigenvalue weighted by molar-refractivity contribution is 7.99. The van der Waals surface area contributed by atoms with Crippen LogP contribution in [0.2, 0.25) is 0 Å². The zero-order valence-corrected chi connectivity index (χ0v) is 13.0. The SMILES string of the molecule is [O-][n+]1ccccc1SCCCOc1cccc2ccccc12. The summed E-state index contributed by atoms with van der Waals surface area (Å²) in [6.45, 7) is 0.646. The van der Waals surface area contributed by atoms with Gasteiger partial charge in [-0.2, -0.15) is 4.73 Å². The summed E-state index contributed by atoms with van der Waals surface area (Å²) >= 11 is 1.56. The van der Waals surface area contributed by atoms with Gasteiger partial charge in [-0.1, -0.05) is 48.2 Å². The Morgan fingerprint density at radius 3 is 2.68 bits per heavy atom. The number of ether oxygens (including phenoxy) is 1. The van der Waals surface area contributed by atoms with E-state index in [1.807, 2.05) is 36.4 Å². The van der Waals surface area contributed by atoms with E-state index in [0.717, 1.165) is 33.1 Å². The molecule has 1 heterocycles. The quantitative estimate of drug-likeness (QED) is 0.298. The first-order valence-electron chi connectivity index (χ1n) is 7.26. The molecule has 0 saturated carbocycles. The molecule has 0 radical (unpaired) electrons. The molecular weight excluding hydrogens is 294 g/mol. The van der Waals surface area contributed by atoms with Gasteiger partial charge in [0.05, 0.1) is 6.61 Å². The number of benzene rings is 2. The molecule has 0 spiro atoms. The maximum Gasteiger partial charge on any atom is 0.251 e. The summed E-state index contributed by atoms with van der Waals surface area (Å²) in [6, 6.07) is 19.8. The van der Waals surface area contributed by atoms with Crippen molar-refractivity contribution in [2.24, 2.45) is 0 Å². The minimum Gasteiger partial charge on any atom is -0.618 e. The molecule has 3 aromatic rings. The predicted octanol–water partition coefficient (Wildman–Crippen LogP) is 4.03. The lowest BCUT2D eigenvalue weighted by atomic mass is 10.1. The smallest absolute Gasteiger partial charge is 0.251 e. The summed E-state index contributed by atoms with van der Waals surface area (Å²) in [7, 11) is 0. The number of pyridine rings is 1. The van der Waals surface area contributed by atoms with Crippen molar-refractivity contribution in [1.82, 2.24) is 0 Å². The molecule has 0 unspecified atom stereocenters. The summed E-state index contributed by atoms with van der Waals surface area (Å²) in [5, 5.41) is 14.6. The maximum atomic E-state index is 11.5. The van der Waals surface area contributed by atoms with Gasteiger partial charge in [0.25, 0.3) is 5.03 Å². The van der Waals surface area contributed by atoms with Gasteiger partial charge in [0, 0.05) is 23.3 Å². The van der Waals surface area contributed by atoms with Gasteiger partial charge in [-0.15, -0.1) is 0 Å². The van der Waals surface area contributed by atoms with Crippen LogP contribution in [0.1, 0.15) is 6.42 Å². The summed E-state index contributed by atoms with van der Waals surface area (Å²) in [5.41, 5.74) is 0. The van der Waals surface area contributed by atoms with E-state index in [4.69, 9.17) is 4.74 Å². The van der Waals surface area contributed by atoms with Crippen molar-refractivity contribution < 1.29 is 9.47 Å². The molecule has 22 heavy (non-hydrogen) atoms. The monoisotopic (exact) mass is 311 g/mol. The molecule has 0 aliphatic heterocycles. The fourth-order valence-corrected chi connectivity index (χ4v) is 3.10. The minimum atomic E-state index is 0.646. The van der Waals surface area contributed by atoms with Gasteiger partial charge < -0.3 is 9.94 Å². The number of nitrogens with zero attached hydrogens (tertiary/aromatic N) is 1. The molecule has 1 aromatic heterocycles. The topological polar surface area (TPSA) is 36.2 Å². The lowest BCUT2D eigenvalue weighted by Gasteiger charge is -2.09. The lowest BCUT2D eigenvalue weighted by Crippen LogP contribution is -2.27. The Balaban J connectivity index is 1.52. The van der Waals surface area contributed by atoms with Crippen LogP contribution in [0.25, 0.3) is 10.8 Å². The van der Waals surface area contributed by atoms with E-state index in [2.05, 4.69) is 18.2 Å². The fourth-order valence-electron chi connectivity index (χ4n) is 2.26. The Bertz CT molecular complexity index is 755. The predicted molar refractivity (Wildman–Crippen MR) is 90.2 cm³/mol. The standard InChI is InChI=1S/C18H17NO2S/c20-19-12-4-3-11-18(19)22-14-6-13-21-17-10-5-8-15-7-1-2-9-16(15)17/h1-5,7-12H,6,13-14H2. The first-order chi connectivity index (χ1) is 10.8. The molecule has 0 bridgehead atoms. The zero-order valence-electron chi connectivity index (χ0n) is 12.1. The third-order valence-electron chi connectivity index (χ3n) is 3.33. The van der Waals surface area contributed by atoms with Crippen molar-refractivity contribution in [3.63, 3.8) is 0 Å². The van der Waals surface area contributed by atoms with Crippen LogP contribution in [-0.2, 0) is 0 Å². The van der Waals surface area contributed by atoms with Gasteiger partial charge in [0.15, 0.2) is 6.20 Å². The van der Waals surface area contributed by atoms with Gasteiger partial charge in [-0.05, 0) is 23.9 Å².